The lowest BCUT2D eigenvalue weighted by Crippen LogP contribution is -2.38. The second-order valence-corrected chi connectivity index (χ2v) is 4.84. The van der Waals surface area contributed by atoms with Crippen molar-refractivity contribution in [3.63, 3.8) is 0 Å². The fraction of sp³-hybridized carbons (Fsp3) is 0.385. The number of carbonyl (C=O) groups is 2. The van der Waals surface area contributed by atoms with Gasteiger partial charge in [0, 0.05) is 17.5 Å². The molecule has 19 heavy (non-hydrogen) atoms. The number of nitrogens with zero attached hydrogens (tertiary/aromatic N) is 1. The Hall–Kier alpha value is -1.75. The lowest BCUT2D eigenvalue weighted by atomic mass is 10.1. The molecule has 102 valence electrons. The number of benzene rings is 1. The zero-order valence-electron chi connectivity index (χ0n) is 10.6. The third-order valence-electron chi connectivity index (χ3n) is 3.22. The van der Waals surface area contributed by atoms with Gasteiger partial charge in [-0.2, -0.15) is 0 Å². The molecule has 5 nitrogen and oxygen atoms in total. The number of carbonyl (C=O) groups excluding carboxylic acids is 1. The summed E-state index contributed by atoms with van der Waals surface area (Å²) in [5.41, 5.74) is 1.22. The number of rotatable bonds is 3. The maximum Gasteiger partial charge on any atom is 0.326 e. The number of carboxylic acids is 1. The average molecular weight is 284 g/mol. The van der Waals surface area contributed by atoms with Gasteiger partial charge in [0.1, 0.15) is 11.8 Å². The zero-order chi connectivity index (χ0) is 14.2. The number of anilines is 1. The van der Waals surface area contributed by atoms with Crippen molar-refractivity contribution in [1.82, 2.24) is 0 Å². The number of hydrogen-bond donors (Lipinski definition) is 1. The van der Waals surface area contributed by atoms with Crippen LogP contribution in [0.15, 0.2) is 12.1 Å². The van der Waals surface area contributed by atoms with Gasteiger partial charge in [0.2, 0.25) is 5.91 Å². The van der Waals surface area contributed by atoms with Crippen LogP contribution in [0, 0.1) is 6.92 Å². The summed E-state index contributed by atoms with van der Waals surface area (Å²) in [6.45, 7) is 1.79. The summed E-state index contributed by atoms with van der Waals surface area (Å²) in [6, 6.07) is 2.43. The van der Waals surface area contributed by atoms with Crippen LogP contribution in [0.2, 0.25) is 5.02 Å². The van der Waals surface area contributed by atoms with Crippen LogP contribution in [0.1, 0.15) is 18.4 Å². The van der Waals surface area contributed by atoms with Crippen molar-refractivity contribution in [2.24, 2.45) is 0 Å². The first-order valence-corrected chi connectivity index (χ1v) is 6.22. The Morgan fingerprint density at radius 1 is 1.53 bits per heavy atom. The quantitative estimate of drug-likeness (QED) is 0.924. The molecule has 0 bridgehead atoms. The van der Waals surface area contributed by atoms with E-state index in [0.717, 1.165) is 5.56 Å². The highest BCUT2D eigenvalue weighted by molar-refractivity contribution is 6.31. The number of hydrogen-bond acceptors (Lipinski definition) is 3. The molecule has 1 saturated heterocycles. The van der Waals surface area contributed by atoms with E-state index in [9.17, 15) is 14.7 Å². The molecule has 1 N–H and O–H groups in total. The maximum atomic E-state index is 11.9. The second-order valence-electron chi connectivity index (χ2n) is 4.43. The van der Waals surface area contributed by atoms with E-state index in [0.29, 0.717) is 22.9 Å². The summed E-state index contributed by atoms with van der Waals surface area (Å²) in [5.74, 6) is -0.829. The molecule has 1 amide bonds. The van der Waals surface area contributed by atoms with Crippen molar-refractivity contribution in [3.8, 4) is 5.75 Å². The molecule has 0 spiro atoms. The molecule has 1 aromatic rings. The first-order chi connectivity index (χ1) is 8.95. The Labute approximate surface area is 115 Å². The lowest BCUT2D eigenvalue weighted by Gasteiger charge is -2.24. The molecule has 0 aliphatic carbocycles. The molecule has 1 unspecified atom stereocenters. The minimum absolute atomic E-state index is 0.215. The van der Waals surface area contributed by atoms with Gasteiger partial charge >= 0.3 is 5.97 Å². The number of aliphatic carboxylic acids is 1. The van der Waals surface area contributed by atoms with Crippen molar-refractivity contribution >= 4 is 29.2 Å². The van der Waals surface area contributed by atoms with E-state index in [2.05, 4.69) is 0 Å². The summed E-state index contributed by atoms with van der Waals surface area (Å²) in [7, 11) is 1.46. The van der Waals surface area contributed by atoms with Crippen molar-refractivity contribution in [2.75, 3.05) is 12.0 Å². The van der Waals surface area contributed by atoms with Gasteiger partial charge < -0.3 is 9.84 Å². The molecule has 0 radical (unpaired) electrons. The number of halogens is 1. The largest absolute Gasteiger partial charge is 0.495 e. The maximum absolute atomic E-state index is 11.9. The highest BCUT2D eigenvalue weighted by atomic mass is 35.5. The Morgan fingerprint density at radius 3 is 2.79 bits per heavy atom. The fourth-order valence-corrected chi connectivity index (χ4v) is 2.37. The molecule has 0 aromatic heterocycles. The molecule has 1 heterocycles. The summed E-state index contributed by atoms with van der Waals surface area (Å²) < 4.78 is 5.20. The number of methoxy groups -OCH3 is 1. The number of aryl methyl sites for hydroxylation is 1. The third kappa shape index (κ3) is 2.38. The molecule has 1 aliphatic rings. The van der Waals surface area contributed by atoms with Gasteiger partial charge in [-0.3, -0.25) is 9.69 Å². The van der Waals surface area contributed by atoms with Gasteiger partial charge in [0.05, 0.1) is 12.8 Å². The van der Waals surface area contributed by atoms with Crippen molar-refractivity contribution < 1.29 is 19.4 Å². The average Bonchev–Trinajstić information content (AvgIpc) is 2.74. The topological polar surface area (TPSA) is 66.8 Å². The molecule has 1 fully saturated rings. The predicted molar refractivity (Wildman–Crippen MR) is 70.9 cm³/mol. The molecule has 1 aromatic carbocycles. The van der Waals surface area contributed by atoms with Crippen LogP contribution >= 0.6 is 11.6 Å². The van der Waals surface area contributed by atoms with Crippen LogP contribution in [0.25, 0.3) is 0 Å². The summed E-state index contributed by atoms with van der Waals surface area (Å²) >= 11 is 6.01. The molecule has 0 saturated carbocycles. The normalized spacial score (nSPS) is 18.8. The summed E-state index contributed by atoms with van der Waals surface area (Å²) in [5, 5.41) is 9.70. The third-order valence-corrected chi connectivity index (χ3v) is 3.62. The van der Waals surface area contributed by atoms with Crippen molar-refractivity contribution in [2.45, 2.75) is 25.8 Å². The van der Waals surface area contributed by atoms with Gasteiger partial charge in [0.25, 0.3) is 0 Å². The molecule has 1 aliphatic heterocycles. The van der Waals surface area contributed by atoms with Crippen molar-refractivity contribution in [1.29, 1.82) is 0 Å². The SMILES string of the molecule is COc1cc(Cl)c(C)cc1N1C(=O)CCC1C(=O)O. The van der Waals surface area contributed by atoms with E-state index < -0.39 is 12.0 Å². The number of amides is 1. The fourth-order valence-electron chi connectivity index (χ4n) is 2.22. The van der Waals surface area contributed by atoms with Crippen LogP contribution in [-0.2, 0) is 9.59 Å². The van der Waals surface area contributed by atoms with Crippen LogP contribution in [0.5, 0.6) is 5.75 Å². The van der Waals surface area contributed by atoms with Gasteiger partial charge in [-0.25, -0.2) is 4.79 Å². The van der Waals surface area contributed by atoms with Crippen LogP contribution in [-0.4, -0.2) is 30.1 Å². The standard InChI is InChI=1S/C13H14ClNO4/c1-7-5-10(11(19-2)6-8(7)14)15-9(13(17)18)3-4-12(15)16/h5-6,9H,3-4H2,1-2H3,(H,17,18). The van der Waals surface area contributed by atoms with E-state index >= 15 is 0 Å². The van der Waals surface area contributed by atoms with E-state index in [1.807, 2.05) is 0 Å². The molecular weight excluding hydrogens is 270 g/mol. The predicted octanol–water partition coefficient (Wildman–Crippen LogP) is 2.24. The van der Waals surface area contributed by atoms with E-state index in [4.69, 9.17) is 16.3 Å². The van der Waals surface area contributed by atoms with Gasteiger partial charge in [-0.1, -0.05) is 11.6 Å². The van der Waals surface area contributed by atoms with E-state index in [1.165, 1.54) is 12.0 Å². The highest BCUT2D eigenvalue weighted by Gasteiger charge is 2.38. The van der Waals surface area contributed by atoms with Gasteiger partial charge in [0.15, 0.2) is 0 Å². The minimum Gasteiger partial charge on any atom is -0.495 e. The van der Waals surface area contributed by atoms with Crippen molar-refractivity contribution in [3.05, 3.63) is 22.7 Å². The second kappa shape index (κ2) is 5.09. The molecule has 1 atom stereocenters. The molecular formula is C13H14ClNO4. The Kier molecular flexibility index (Phi) is 3.66. The molecule has 6 heteroatoms. The summed E-state index contributed by atoms with van der Waals surface area (Å²) in [6.07, 6.45) is 0.529. The van der Waals surface area contributed by atoms with E-state index in [1.54, 1.807) is 19.1 Å². The first kappa shape index (κ1) is 13.7. The monoisotopic (exact) mass is 283 g/mol. The zero-order valence-corrected chi connectivity index (χ0v) is 11.4. The Morgan fingerprint density at radius 2 is 2.21 bits per heavy atom. The van der Waals surface area contributed by atoms with Gasteiger partial charge in [-0.15, -0.1) is 0 Å². The minimum atomic E-state index is -1.01. The van der Waals surface area contributed by atoms with Crippen LogP contribution in [0.4, 0.5) is 5.69 Å². The summed E-state index contributed by atoms with van der Waals surface area (Å²) in [4.78, 5) is 24.4. The highest BCUT2D eigenvalue weighted by Crippen LogP contribution is 2.37. The number of ether oxygens (including phenoxy) is 1. The Balaban J connectivity index is 2.53. The van der Waals surface area contributed by atoms with Crippen LogP contribution < -0.4 is 9.64 Å². The lowest BCUT2D eigenvalue weighted by molar-refractivity contribution is -0.138. The first-order valence-electron chi connectivity index (χ1n) is 5.84. The van der Waals surface area contributed by atoms with Crippen LogP contribution in [0.3, 0.4) is 0 Å². The van der Waals surface area contributed by atoms with Gasteiger partial charge in [-0.05, 0) is 25.0 Å². The van der Waals surface area contributed by atoms with E-state index in [-0.39, 0.29) is 12.3 Å². The Bertz CT molecular complexity index is 544. The smallest absolute Gasteiger partial charge is 0.326 e. The molecule has 2 rings (SSSR count). The number of carboxylic acid groups (broad SMARTS) is 1.